The van der Waals surface area contributed by atoms with Gasteiger partial charge in [-0.15, -0.1) is 0 Å². The first-order chi connectivity index (χ1) is 8.88. The molecule has 0 unspecified atom stereocenters. The van der Waals surface area contributed by atoms with Gasteiger partial charge in [0.05, 0.1) is 0 Å². The van der Waals surface area contributed by atoms with E-state index in [9.17, 15) is 9.18 Å². The molecule has 104 valence electrons. The number of nitrogens with one attached hydrogen (secondary N) is 1. The molecule has 0 aliphatic carbocycles. The molecule has 0 bridgehead atoms. The third-order valence-electron chi connectivity index (χ3n) is 2.06. The highest BCUT2D eigenvalue weighted by molar-refractivity contribution is 5.67. The van der Waals surface area contributed by atoms with Crippen molar-refractivity contribution < 1.29 is 13.9 Å². The Bertz CT molecular complexity index is 453. The maximum absolute atomic E-state index is 13.2. The van der Waals surface area contributed by atoms with Crippen LogP contribution in [0.1, 0.15) is 32.8 Å². The molecular weight excluding hydrogens is 247 g/mol. The van der Waals surface area contributed by atoms with E-state index >= 15 is 0 Å². The Morgan fingerprint density at radius 1 is 1.53 bits per heavy atom. The summed E-state index contributed by atoms with van der Waals surface area (Å²) in [6.45, 7) is 5.85. The molecule has 1 heterocycles. The topological polar surface area (TPSA) is 51.2 Å². The molecular formula is C14H19FN2O2. The van der Waals surface area contributed by atoms with E-state index in [-0.39, 0.29) is 0 Å². The number of amides is 1. The highest BCUT2D eigenvalue weighted by Crippen LogP contribution is 2.07. The second kappa shape index (κ2) is 6.87. The van der Waals surface area contributed by atoms with E-state index in [1.54, 1.807) is 45.1 Å². The van der Waals surface area contributed by atoms with Crippen molar-refractivity contribution in [2.75, 3.05) is 6.54 Å². The molecule has 0 saturated heterocycles. The number of nitrogens with zero attached hydrogens (tertiary/aromatic N) is 1. The van der Waals surface area contributed by atoms with Crippen LogP contribution in [0.3, 0.4) is 0 Å². The summed E-state index contributed by atoms with van der Waals surface area (Å²) in [4.78, 5) is 14.9. The molecule has 19 heavy (non-hydrogen) atoms. The zero-order valence-electron chi connectivity index (χ0n) is 11.4. The summed E-state index contributed by atoms with van der Waals surface area (Å²) in [5, 5.41) is 2.62. The molecule has 0 spiro atoms. The van der Waals surface area contributed by atoms with Crippen LogP contribution in [0.15, 0.2) is 24.4 Å². The van der Waals surface area contributed by atoms with Crippen molar-refractivity contribution in [3.05, 3.63) is 35.9 Å². The van der Waals surface area contributed by atoms with Crippen molar-refractivity contribution in [1.82, 2.24) is 10.3 Å². The molecule has 0 fully saturated rings. The molecule has 4 nitrogen and oxygen atoms in total. The minimum atomic E-state index is -0.501. The van der Waals surface area contributed by atoms with E-state index < -0.39 is 17.6 Å². The number of ether oxygens (including phenoxy) is 1. The van der Waals surface area contributed by atoms with Crippen LogP contribution < -0.4 is 5.32 Å². The zero-order valence-corrected chi connectivity index (χ0v) is 11.4. The second-order valence-corrected chi connectivity index (χ2v) is 5.00. The van der Waals surface area contributed by atoms with Gasteiger partial charge in [-0.2, -0.15) is 4.39 Å². The molecule has 0 radical (unpaired) electrons. The Labute approximate surface area is 112 Å². The molecule has 0 aliphatic heterocycles. The number of carbonyl (C=O) groups is 1. The quantitative estimate of drug-likeness (QED) is 0.672. The van der Waals surface area contributed by atoms with Crippen molar-refractivity contribution in [3.63, 3.8) is 0 Å². The molecule has 1 aromatic rings. The van der Waals surface area contributed by atoms with Gasteiger partial charge in [0, 0.05) is 18.3 Å². The molecule has 0 aromatic carbocycles. The first kappa shape index (κ1) is 15.1. The number of rotatable bonds is 4. The third kappa shape index (κ3) is 6.55. The molecule has 1 aromatic heterocycles. The van der Waals surface area contributed by atoms with Crippen LogP contribution in [0, 0.1) is 5.95 Å². The minimum Gasteiger partial charge on any atom is -0.444 e. The first-order valence-corrected chi connectivity index (χ1v) is 6.12. The van der Waals surface area contributed by atoms with E-state index in [2.05, 4.69) is 10.3 Å². The van der Waals surface area contributed by atoms with Crippen LogP contribution in [-0.4, -0.2) is 23.2 Å². The highest BCUT2D eigenvalue weighted by atomic mass is 19.1. The van der Waals surface area contributed by atoms with Gasteiger partial charge in [-0.25, -0.2) is 9.78 Å². The predicted molar refractivity (Wildman–Crippen MR) is 72.1 cm³/mol. The van der Waals surface area contributed by atoms with Gasteiger partial charge in [0.2, 0.25) is 5.95 Å². The van der Waals surface area contributed by atoms with Crippen LogP contribution in [-0.2, 0) is 4.74 Å². The molecule has 0 atom stereocenters. The normalized spacial score (nSPS) is 11.6. The largest absolute Gasteiger partial charge is 0.444 e. The lowest BCUT2D eigenvalue weighted by Gasteiger charge is -2.19. The summed E-state index contributed by atoms with van der Waals surface area (Å²) in [7, 11) is 0. The first-order valence-electron chi connectivity index (χ1n) is 6.12. The van der Waals surface area contributed by atoms with Crippen molar-refractivity contribution >= 4 is 12.2 Å². The van der Waals surface area contributed by atoms with E-state index in [1.807, 2.05) is 0 Å². The van der Waals surface area contributed by atoms with Crippen LogP contribution in [0.25, 0.3) is 6.08 Å². The predicted octanol–water partition coefficient (Wildman–Crippen LogP) is 3.15. The lowest BCUT2D eigenvalue weighted by molar-refractivity contribution is 0.0529. The van der Waals surface area contributed by atoms with Crippen molar-refractivity contribution in [3.8, 4) is 0 Å². The Morgan fingerprint density at radius 2 is 2.26 bits per heavy atom. The maximum atomic E-state index is 13.2. The standard InChI is InChI=1S/C14H19FN2O2/c1-14(2,3)19-13(18)17-9-5-4-7-11-8-6-10-16-12(11)15/h4,6-8,10H,5,9H2,1-3H3,(H,17,18). The van der Waals surface area contributed by atoms with Gasteiger partial charge in [-0.05, 0) is 39.3 Å². The Balaban J connectivity index is 2.28. The number of aromatic nitrogens is 1. The summed E-state index contributed by atoms with van der Waals surface area (Å²) < 4.78 is 18.2. The second-order valence-electron chi connectivity index (χ2n) is 5.00. The summed E-state index contributed by atoms with van der Waals surface area (Å²) in [6, 6.07) is 3.31. The maximum Gasteiger partial charge on any atom is 0.407 e. The van der Waals surface area contributed by atoms with E-state index in [4.69, 9.17) is 4.74 Å². The average molecular weight is 266 g/mol. The molecule has 0 aliphatic rings. The monoisotopic (exact) mass is 266 g/mol. The fourth-order valence-corrected chi connectivity index (χ4v) is 1.30. The molecule has 1 amide bonds. The number of carbonyl (C=O) groups excluding carboxylic acids is 1. The minimum absolute atomic E-state index is 0.430. The van der Waals surface area contributed by atoms with Gasteiger partial charge in [0.1, 0.15) is 5.60 Å². The Morgan fingerprint density at radius 3 is 2.89 bits per heavy atom. The Hall–Kier alpha value is -1.91. The van der Waals surface area contributed by atoms with Crippen LogP contribution in [0.2, 0.25) is 0 Å². The van der Waals surface area contributed by atoms with Gasteiger partial charge in [-0.1, -0.05) is 12.2 Å². The van der Waals surface area contributed by atoms with Crippen LogP contribution in [0.4, 0.5) is 9.18 Å². The molecule has 1 rings (SSSR count). The summed E-state index contributed by atoms with van der Waals surface area (Å²) in [6.07, 6.45) is 4.95. The lowest BCUT2D eigenvalue weighted by Crippen LogP contribution is -2.32. The fraction of sp³-hybridized carbons (Fsp3) is 0.429. The fourth-order valence-electron chi connectivity index (χ4n) is 1.30. The van der Waals surface area contributed by atoms with Gasteiger partial charge in [0.15, 0.2) is 0 Å². The number of hydrogen-bond acceptors (Lipinski definition) is 3. The number of halogens is 1. The molecule has 5 heteroatoms. The smallest absolute Gasteiger partial charge is 0.407 e. The SMILES string of the molecule is CC(C)(C)OC(=O)NCCC=Cc1cccnc1F. The molecule has 1 N–H and O–H groups in total. The van der Waals surface area contributed by atoms with Gasteiger partial charge in [0.25, 0.3) is 0 Å². The van der Waals surface area contributed by atoms with E-state index in [1.165, 1.54) is 6.20 Å². The van der Waals surface area contributed by atoms with Gasteiger partial charge in [-0.3, -0.25) is 0 Å². The summed E-state index contributed by atoms with van der Waals surface area (Å²) >= 11 is 0. The van der Waals surface area contributed by atoms with E-state index in [0.29, 0.717) is 18.5 Å². The van der Waals surface area contributed by atoms with E-state index in [0.717, 1.165) is 0 Å². The van der Waals surface area contributed by atoms with Gasteiger partial charge < -0.3 is 10.1 Å². The number of pyridine rings is 1. The van der Waals surface area contributed by atoms with Crippen molar-refractivity contribution in [1.29, 1.82) is 0 Å². The Kier molecular flexibility index (Phi) is 5.48. The lowest BCUT2D eigenvalue weighted by atomic mass is 10.2. The highest BCUT2D eigenvalue weighted by Gasteiger charge is 2.15. The van der Waals surface area contributed by atoms with Gasteiger partial charge >= 0.3 is 6.09 Å². The average Bonchev–Trinajstić information content (AvgIpc) is 2.28. The van der Waals surface area contributed by atoms with Crippen LogP contribution >= 0.6 is 0 Å². The number of hydrogen-bond donors (Lipinski definition) is 1. The van der Waals surface area contributed by atoms with Crippen molar-refractivity contribution in [2.45, 2.75) is 32.8 Å². The summed E-state index contributed by atoms with van der Waals surface area (Å²) in [5.74, 6) is -0.501. The number of alkyl carbamates (subject to hydrolysis) is 1. The van der Waals surface area contributed by atoms with Crippen LogP contribution in [0.5, 0.6) is 0 Å². The van der Waals surface area contributed by atoms with Crippen molar-refractivity contribution in [2.24, 2.45) is 0 Å². The summed E-state index contributed by atoms with van der Waals surface area (Å²) in [5.41, 5.74) is -0.0709. The zero-order chi connectivity index (χ0) is 14.3. The third-order valence-corrected chi connectivity index (χ3v) is 2.06. The molecule has 0 saturated carbocycles.